The highest BCUT2D eigenvalue weighted by atomic mass is 32.2. The number of pyridine rings is 2. The fourth-order valence-corrected chi connectivity index (χ4v) is 11.7. The van der Waals surface area contributed by atoms with Crippen LogP contribution in [0.25, 0.3) is 22.9 Å². The monoisotopic (exact) mass is 1020 g/mol. The summed E-state index contributed by atoms with van der Waals surface area (Å²) in [6, 6.07) is 10.8. The second-order valence-corrected chi connectivity index (χ2v) is 21.1. The van der Waals surface area contributed by atoms with Crippen LogP contribution in [0.1, 0.15) is 71.4 Å². The molecule has 2 aliphatic rings. The predicted octanol–water partition coefficient (Wildman–Crippen LogP) is 7.89. The van der Waals surface area contributed by atoms with Gasteiger partial charge in [0.15, 0.2) is 5.03 Å². The van der Waals surface area contributed by atoms with Crippen LogP contribution in [0.5, 0.6) is 0 Å². The number of alkyl halides is 6. The molecule has 6 aromatic rings. The first-order valence-corrected chi connectivity index (χ1v) is 24.5. The Morgan fingerprint density at radius 1 is 0.614 bits per heavy atom. The Morgan fingerprint density at radius 2 is 1.09 bits per heavy atom. The minimum absolute atomic E-state index is 0.0134. The summed E-state index contributed by atoms with van der Waals surface area (Å²) in [7, 11) is -8.26. The van der Waals surface area contributed by atoms with Crippen molar-refractivity contribution in [2.45, 2.75) is 61.8 Å². The van der Waals surface area contributed by atoms with E-state index in [0.717, 1.165) is 86.0 Å². The molecule has 2 aliphatic heterocycles. The summed E-state index contributed by atoms with van der Waals surface area (Å²) < 4.78 is 147. The van der Waals surface area contributed by atoms with Gasteiger partial charge in [-0.3, -0.25) is 25.2 Å². The standard InChI is InChI=1S/C44H42F6N10O8S2/c1-25-15-27(23-59(21-25)69(63,64)35-17-32(18-51-20-35)38(62)54-42-58-56-40(68-42)30-7-12-34(13-8-30)44(48,49)50)3-4-28-16-26(2)22-60(24-28)70(65,66)36-14-9-31(19-52-36)37(61)53-41-57-55-39(67-41)29-5-10-33(11-6-29)43(45,46)47/h5-14,17-20,25-28H,3-4,15-16,21-24H2,1-2H3,(H,53,57,61)(H,54,58,62)/t25-,26+,27+,28-/m0/s1. The van der Waals surface area contributed by atoms with Gasteiger partial charge in [-0.2, -0.15) is 35.0 Å². The smallest absolute Gasteiger partial charge is 0.403 e. The molecule has 2 aromatic carbocycles. The molecule has 0 saturated carbocycles. The first-order valence-electron chi connectivity index (χ1n) is 21.6. The van der Waals surface area contributed by atoms with E-state index in [2.05, 4.69) is 41.0 Å². The molecule has 0 spiro atoms. The zero-order valence-electron chi connectivity index (χ0n) is 37.0. The van der Waals surface area contributed by atoms with Gasteiger partial charge < -0.3 is 8.83 Å². The summed E-state index contributed by atoms with van der Waals surface area (Å²) in [4.78, 5) is 33.9. The average molecular weight is 1020 g/mol. The molecule has 8 rings (SSSR count). The number of nitrogens with zero attached hydrogens (tertiary/aromatic N) is 8. The molecule has 4 aromatic heterocycles. The number of nitrogens with one attached hydrogen (secondary N) is 2. The summed E-state index contributed by atoms with van der Waals surface area (Å²) in [5.41, 5.74) is -1.57. The van der Waals surface area contributed by atoms with Crippen molar-refractivity contribution in [3.05, 3.63) is 108 Å². The predicted molar refractivity (Wildman–Crippen MR) is 235 cm³/mol. The highest BCUT2D eigenvalue weighted by Gasteiger charge is 2.38. The van der Waals surface area contributed by atoms with E-state index in [4.69, 9.17) is 8.83 Å². The quantitative estimate of drug-likeness (QED) is 0.105. The second kappa shape index (κ2) is 19.6. The van der Waals surface area contributed by atoms with Crippen LogP contribution in [-0.2, 0) is 32.4 Å². The summed E-state index contributed by atoms with van der Waals surface area (Å²) >= 11 is 0. The molecule has 370 valence electrons. The van der Waals surface area contributed by atoms with Crippen LogP contribution in [-0.4, -0.2) is 93.8 Å². The third kappa shape index (κ3) is 11.3. The molecule has 0 aliphatic carbocycles. The molecule has 70 heavy (non-hydrogen) atoms. The van der Waals surface area contributed by atoms with Crippen molar-refractivity contribution in [2.24, 2.45) is 23.7 Å². The van der Waals surface area contributed by atoms with Crippen LogP contribution in [0, 0.1) is 23.7 Å². The maximum Gasteiger partial charge on any atom is 0.416 e. The van der Waals surface area contributed by atoms with Crippen LogP contribution in [0.4, 0.5) is 38.4 Å². The molecular weight excluding hydrogens is 975 g/mol. The molecular formula is C44H42F6N10O8S2. The van der Waals surface area contributed by atoms with Crippen molar-refractivity contribution in [1.82, 2.24) is 39.0 Å². The third-order valence-electron chi connectivity index (χ3n) is 11.8. The first kappa shape index (κ1) is 49.8. The van der Waals surface area contributed by atoms with Gasteiger partial charge >= 0.3 is 24.4 Å². The summed E-state index contributed by atoms with van der Waals surface area (Å²) in [6.07, 6.45) is -3.04. The average Bonchev–Trinajstić information content (AvgIpc) is 4.00. The first-order chi connectivity index (χ1) is 33.0. The molecule has 2 fully saturated rings. The van der Waals surface area contributed by atoms with Crippen LogP contribution < -0.4 is 10.6 Å². The number of sulfonamides is 2. The third-order valence-corrected chi connectivity index (χ3v) is 15.4. The number of hydrogen-bond acceptors (Lipinski definition) is 14. The Labute approximate surface area is 396 Å². The number of anilines is 2. The minimum Gasteiger partial charge on any atom is -0.403 e. The van der Waals surface area contributed by atoms with Gasteiger partial charge in [0.2, 0.25) is 21.8 Å². The molecule has 4 atom stereocenters. The molecule has 0 radical (unpaired) electrons. The van der Waals surface area contributed by atoms with Crippen LogP contribution in [0.2, 0.25) is 0 Å². The Balaban J connectivity index is 0.850. The number of benzene rings is 2. The van der Waals surface area contributed by atoms with E-state index in [-0.39, 0.29) is 106 Å². The van der Waals surface area contributed by atoms with Crippen molar-refractivity contribution >= 4 is 43.9 Å². The molecule has 6 heterocycles. The van der Waals surface area contributed by atoms with E-state index < -0.39 is 55.3 Å². The highest BCUT2D eigenvalue weighted by Crippen LogP contribution is 2.36. The van der Waals surface area contributed by atoms with Gasteiger partial charge in [-0.1, -0.05) is 24.0 Å². The van der Waals surface area contributed by atoms with Crippen molar-refractivity contribution in [3.63, 3.8) is 0 Å². The maximum absolute atomic E-state index is 14.0. The van der Waals surface area contributed by atoms with Gasteiger partial charge in [-0.25, -0.2) is 21.8 Å². The van der Waals surface area contributed by atoms with Gasteiger partial charge in [0, 0.05) is 55.9 Å². The highest BCUT2D eigenvalue weighted by molar-refractivity contribution is 7.89. The number of carbonyl (C=O) groups excluding carboxylic acids is 2. The number of piperidine rings is 2. The van der Waals surface area contributed by atoms with Crippen LogP contribution in [0.3, 0.4) is 0 Å². The minimum atomic E-state index is -4.54. The van der Waals surface area contributed by atoms with Gasteiger partial charge in [0.25, 0.3) is 21.8 Å². The normalized spacial score (nSPS) is 19.7. The largest absolute Gasteiger partial charge is 0.416 e. The van der Waals surface area contributed by atoms with E-state index in [1.165, 1.54) is 20.7 Å². The van der Waals surface area contributed by atoms with Crippen molar-refractivity contribution in [3.8, 4) is 22.9 Å². The lowest BCUT2D eigenvalue weighted by molar-refractivity contribution is -0.138. The van der Waals surface area contributed by atoms with Crippen molar-refractivity contribution < 1.29 is 61.6 Å². The number of rotatable bonds is 13. The van der Waals surface area contributed by atoms with Gasteiger partial charge in [-0.15, -0.1) is 10.2 Å². The van der Waals surface area contributed by atoms with E-state index in [9.17, 15) is 52.8 Å². The summed E-state index contributed by atoms with van der Waals surface area (Å²) in [6.45, 7) is 4.70. The Morgan fingerprint density at radius 3 is 1.54 bits per heavy atom. The van der Waals surface area contributed by atoms with Crippen LogP contribution >= 0.6 is 0 Å². The Kier molecular flexibility index (Phi) is 14.0. The second-order valence-electron chi connectivity index (χ2n) is 17.3. The fraction of sp³-hybridized carbons (Fsp3) is 0.364. The van der Waals surface area contributed by atoms with Crippen molar-refractivity contribution in [2.75, 3.05) is 36.8 Å². The van der Waals surface area contributed by atoms with Crippen LogP contribution in [0.15, 0.2) is 104 Å². The number of aromatic nitrogens is 6. The molecule has 2 saturated heterocycles. The van der Waals surface area contributed by atoms with E-state index in [1.807, 2.05) is 13.8 Å². The lowest BCUT2D eigenvalue weighted by Crippen LogP contribution is -2.45. The number of carbonyl (C=O) groups is 2. The maximum atomic E-state index is 14.0. The van der Waals surface area contributed by atoms with Gasteiger partial charge in [0.05, 0.1) is 22.3 Å². The lowest BCUT2D eigenvalue weighted by atomic mass is 9.83. The van der Waals surface area contributed by atoms with E-state index in [0.29, 0.717) is 12.8 Å². The SMILES string of the molecule is C[C@@H]1C[C@H](CC[C@@H]2C[C@H](C)CN(S(=O)(=O)c3cncc(C(=O)Nc4nnc(-c5ccc(C(F)(F)F)cc5)o4)c3)C2)CN(S(=O)(=O)c2ccc(C(=O)Nc3nnc(-c4ccc(C(F)(F)F)cc4)o3)cn2)C1. The molecule has 26 heteroatoms. The number of amides is 2. The molecule has 2 N–H and O–H groups in total. The molecule has 0 unspecified atom stereocenters. The number of hydrogen-bond donors (Lipinski definition) is 2. The topological polar surface area (TPSA) is 237 Å². The van der Waals surface area contributed by atoms with Gasteiger partial charge in [0.1, 0.15) is 4.90 Å². The van der Waals surface area contributed by atoms with Gasteiger partial charge in [-0.05, 0) is 116 Å². The molecule has 0 bridgehead atoms. The fourth-order valence-electron chi connectivity index (χ4n) is 8.49. The van der Waals surface area contributed by atoms with E-state index >= 15 is 0 Å². The lowest BCUT2D eigenvalue weighted by Gasteiger charge is -2.38. The van der Waals surface area contributed by atoms with E-state index in [1.54, 1.807) is 0 Å². The summed E-state index contributed by atoms with van der Waals surface area (Å²) in [5, 5.41) is 19.4. The zero-order chi connectivity index (χ0) is 50.2. The zero-order valence-corrected chi connectivity index (χ0v) is 38.6. The Bertz CT molecular complexity index is 3080. The summed E-state index contributed by atoms with van der Waals surface area (Å²) in [5.74, 6) is -2.06. The molecule has 18 nitrogen and oxygen atoms in total. The van der Waals surface area contributed by atoms with Crippen molar-refractivity contribution in [1.29, 1.82) is 0 Å². The Hall–Kier alpha value is -6.64. The number of halogens is 6. The molecule has 2 amide bonds.